The lowest BCUT2D eigenvalue weighted by Crippen LogP contribution is -3.11. The first kappa shape index (κ1) is 15.7. The second-order valence-corrected chi connectivity index (χ2v) is 6.78. The predicted octanol–water partition coefficient (Wildman–Crippen LogP) is 1.06. The summed E-state index contributed by atoms with van der Waals surface area (Å²) in [5, 5.41) is 3.45. The van der Waals surface area contributed by atoms with Crippen LogP contribution in [0.2, 0.25) is 0 Å². The molecular weight excluding hydrogens is 310 g/mol. The molecule has 1 aromatic carbocycles. The zero-order valence-electron chi connectivity index (χ0n) is 13.0. The van der Waals surface area contributed by atoms with Gasteiger partial charge >= 0.3 is 0 Å². The molecule has 6 heteroatoms. The maximum absolute atomic E-state index is 12.4. The molecule has 23 heavy (non-hydrogen) atoms. The van der Waals surface area contributed by atoms with Crippen molar-refractivity contribution in [2.75, 3.05) is 18.4 Å². The van der Waals surface area contributed by atoms with Gasteiger partial charge in [0.25, 0.3) is 11.8 Å². The Morgan fingerprint density at radius 2 is 2.04 bits per heavy atom. The van der Waals surface area contributed by atoms with Crippen LogP contribution in [0.1, 0.15) is 38.1 Å². The molecule has 1 unspecified atom stereocenters. The lowest BCUT2D eigenvalue weighted by Gasteiger charge is -2.22. The Labute approximate surface area is 139 Å². The number of primary amides is 1. The topological polar surface area (TPSA) is 76.6 Å². The van der Waals surface area contributed by atoms with Gasteiger partial charge in [-0.15, -0.1) is 11.3 Å². The van der Waals surface area contributed by atoms with Gasteiger partial charge in [0.2, 0.25) is 0 Å². The van der Waals surface area contributed by atoms with Gasteiger partial charge in [-0.25, -0.2) is 0 Å². The van der Waals surface area contributed by atoms with E-state index >= 15 is 0 Å². The van der Waals surface area contributed by atoms with E-state index in [-0.39, 0.29) is 5.91 Å². The van der Waals surface area contributed by atoms with Crippen molar-refractivity contribution in [3.63, 3.8) is 0 Å². The standard InChI is InChI=1S/C17H19N3O2S/c1-2-20-9-8-12-13(10-20)23-17(14(12)15(18)21)19-16(22)11-6-4-3-5-7-11/h3-7H,2,8-10H2,1H3,(H2,18,21)(H,19,22)/p+1. The van der Waals surface area contributed by atoms with Crippen LogP contribution in [0, 0.1) is 0 Å². The molecule has 0 saturated carbocycles. The molecule has 1 aliphatic rings. The summed E-state index contributed by atoms with van der Waals surface area (Å²) in [4.78, 5) is 26.9. The molecule has 0 saturated heterocycles. The Bertz CT molecular complexity index is 740. The Hall–Kier alpha value is -2.18. The van der Waals surface area contributed by atoms with Crippen LogP contribution in [0.25, 0.3) is 0 Å². The molecule has 0 aliphatic carbocycles. The van der Waals surface area contributed by atoms with E-state index in [9.17, 15) is 9.59 Å². The maximum Gasteiger partial charge on any atom is 0.256 e. The van der Waals surface area contributed by atoms with E-state index in [1.165, 1.54) is 16.2 Å². The van der Waals surface area contributed by atoms with Gasteiger partial charge < -0.3 is 16.0 Å². The molecule has 120 valence electrons. The normalized spacial score (nSPS) is 16.7. The number of hydrogen-bond acceptors (Lipinski definition) is 3. The third-order valence-electron chi connectivity index (χ3n) is 4.24. The van der Waals surface area contributed by atoms with Gasteiger partial charge in [-0.1, -0.05) is 18.2 Å². The fourth-order valence-electron chi connectivity index (χ4n) is 2.95. The van der Waals surface area contributed by atoms with E-state index < -0.39 is 5.91 Å². The summed E-state index contributed by atoms with van der Waals surface area (Å²) in [6.07, 6.45) is 0.828. The van der Waals surface area contributed by atoms with Crippen LogP contribution in [0.3, 0.4) is 0 Å². The van der Waals surface area contributed by atoms with E-state index in [4.69, 9.17) is 5.73 Å². The molecule has 1 aromatic heterocycles. The van der Waals surface area contributed by atoms with E-state index in [2.05, 4.69) is 12.2 Å². The van der Waals surface area contributed by atoms with Gasteiger partial charge in [0.05, 0.1) is 23.5 Å². The zero-order valence-corrected chi connectivity index (χ0v) is 13.8. The van der Waals surface area contributed by atoms with Crippen molar-refractivity contribution in [3.05, 3.63) is 51.9 Å². The molecule has 2 amide bonds. The second kappa shape index (κ2) is 6.52. The largest absolute Gasteiger partial charge is 0.365 e. The average molecular weight is 330 g/mol. The summed E-state index contributed by atoms with van der Waals surface area (Å²) in [7, 11) is 0. The molecule has 0 spiro atoms. The highest BCUT2D eigenvalue weighted by Gasteiger charge is 2.29. The molecule has 3 rings (SSSR count). The molecule has 0 bridgehead atoms. The molecular formula is C17H20N3O2S+. The van der Waals surface area contributed by atoms with E-state index in [1.807, 2.05) is 18.2 Å². The molecule has 0 fully saturated rings. The van der Waals surface area contributed by atoms with Crippen molar-refractivity contribution in [2.24, 2.45) is 5.73 Å². The van der Waals surface area contributed by atoms with Crippen LogP contribution in [0.5, 0.6) is 0 Å². The SMILES string of the molecule is CC[NH+]1CCc2c(sc(NC(=O)c3ccccc3)c2C(N)=O)C1. The first-order chi connectivity index (χ1) is 11.1. The molecule has 1 atom stereocenters. The zero-order chi connectivity index (χ0) is 16.4. The first-order valence-electron chi connectivity index (χ1n) is 7.74. The summed E-state index contributed by atoms with van der Waals surface area (Å²) >= 11 is 1.48. The number of nitrogens with two attached hydrogens (primary N) is 1. The molecule has 2 aromatic rings. The van der Waals surface area contributed by atoms with Crippen LogP contribution in [0.15, 0.2) is 30.3 Å². The molecule has 5 nitrogen and oxygen atoms in total. The Morgan fingerprint density at radius 3 is 2.70 bits per heavy atom. The van der Waals surface area contributed by atoms with E-state index in [0.717, 1.165) is 36.5 Å². The third-order valence-corrected chi connectivity index (χ3v) is 5.39. The fourth-order valence-corrected chi connectivity index (χ4v) is 4.27. The van der Waals surface area contributed by atoms with Crippen molar-refractivity contribution in [1.82, 2.24) is 0 Å². The minimum atomic E-state index is -0.467. The highest BCUT2D eigenvalue weighted by atomic mass is 32.1. The van der Waals surface area contributed by atoms with Crippen LogP contribution in [-0.2, 0) is 13.0 Å². The Balaban J connectivity index is 1.92. The number of hydrogen-bond donors (Lipinski definition) is 3. The molecule has 2 heterocycles. The number of carbonyl (C=O) groups excluding carboxylic acids is 2. The van der Waals surface area contributed by atoms with Gasteiger partial charge in [-0.2, -0.15) is 0 Å². The summed E-state index contributed by atoms with van der Waals surface area (Å²) in [5.74, 6) is -0.683. The lowest BCUT2D eigenvalue weighted by atomic mass is 10.0. The number of thiophene rings is 1. The number of fused-ring (bicyclic) bond motifs is 1. The molecule has 4 N–H and O–H groups in total. The van der Waals surface area contributed by atoms with Crippen molar-refractivity contribution >= 4 is 28.2 Å². The van der Waals surface area contributed by atoms with Gasteiger partial charge in [0.15, 0.2) is 0 Å². The van der Waals surface area contributed by atoms with Gasteiger partial charge in [0.1, 0.15) is 11.5 Å². The lowest BCUT2D eigenvalue weighted by molar-refractivity contribution is -0.913. The predicted molar refractivity (Wildman–Crippen MR) is 91.0 cm³/mol. The van der Waals surface area contributed by atoms with E-state index in [1.54, 1.807) is 12.1 Å². The number of carbonyl (C=O) groups is 2. The minimum absolute atomic E-state index is 0.216. The number of anilines is 1. The van der Waals surface area contributed by atoms with E-state index in [0.29, 0.717) is 16.1 Å². The Kier molecular flexibility index (Phi) is 4.45. The minimum Gasteiger partial charge on any atom is -0.365 e. The highest BCUT2D eigenvalue weighted by Crippen LogP contribution is 2.34. The monoisotopic (exact) mass is 330 g/mol. The molecule has 0 radical (unpaired) electrons. The fraction of sp³-hybridized carbons (Fsp3) is 0.294. The van der Waals surface area contributed by atoms with Crippen LogP contribution in [0.4, 0.5) is 5.00 Å². The summed E-state index contributed by atoms with van der Waals surface area (Å²) in [5.41, 5.74) is 7.65. The number of nitrogens with one attached hydrogen (secondary N) is 2. The third kappa shape index (κ3) is 3.13. The number of quaternary nitrogens is 1. The van der Waals surface area contributed by atoms with Crippen molar-refractivity contribution in [1.29, 1.82) is 0 Å². The van der Waals surface area contributed by atoms with Crippen molar-refractivity contribution in [3.8, 4) is 0 Å². The number of rotatable bonds is 4. The first-order valence-corrected chi connectivity index (χ1v) is 8.56. The smallest absolute Gasteiger partial charge is 0.256 e. The summed E-state index contributed by atoms with van der Waals surface area (Å²) in [6.45, 7) is 5.08. The Morgan fingerprint density at radius 1 is 1.30 bits per heavy atom. The number of likely N-dealkylation sites (N-methyl/N-ethyl adjacent to an activating group) is 1. The summed E-state index contributed by atoms with van der Waals surface area (Å²) in [6, 6.07) is 8.97. The van der Waals surface area contributed by atoms with Crippen molar-refractivity contribution in [2.45, 2.75) is 19.9 Å². The molecule has 1 aliphatic heterocycles. The average Bonchev–Trinajstić information content (AvgIpc) is 2.92. The number of benzene rings is 1. The van der Waals surface area contributed by atoms with Crippen LogP contribution >= 0.6 is 11.3 Å². The summed E-state index contributed by atoms with van der Waals surface area (Å²) < 4.78 is 0. The van der Waals surface area contributed by atoms with Gasteiger partial charge in [0, 0.05) is 12.0 Å². The number of amides is 2. The van der Waals surface area contributed by atoms with Crippen LogP contribution in [-0.4, -0.2) is 24.9 Å². The van der Waals surface area contributed by atoms with Crippen LogP contribution < -0.4 is 16.0 Å². The quantitative estimate of drug-likeness (QED) is 0.784. The van der Waals surface area contributed by atoms with Gasteiger partial charge in [-0.3, -0.25) is 9.59 Å². The second-order valence-electron chi connectivity index (χ2n) is 5.67. The van der Waals surface area contributed by atoms with Gasteiger partial charge in [-0.05, 0) is 24.6 Å². The highest BCUT2D eigenvalue weighted by molar-refractivity contribution is 7.17. The van der Waals surface area contributed by atoms with Crippen molar-refractivity contribution < 1.29 is 14.5 Å². The maximum atomic E-state index is 12.4.